The standard InChI is InChI=1S/C12H11FN2O3S/c13-10-5-3-9(4-6-10)8-19(17,18)15-11-2-1-7-14-12(11)16/h1-7,15H,8H2,(H,14,16). The highest BCUT2D eigenvalue weighted by molar-refractivity contribution is 7.91. The van der Waals surface area contributed by atoms with Gasteiger partial charge < -0.3 is 4.98 Å². The van der Waals surface area contributed by atoms with Crippen LogP contribution < -0.4 is 10.3 Å². The predicted octanol–water partition coefficient (Wildman–Crippen LogP) is 1.46. The number of aromatic amines is 1. The summed E-state index contributed by atoms with van der Waals surface area (Å²) >= 11 is 0. The first-order valence-electron chi connectivity index (χ1n) is 5.39. The number of sulfonamides is 1. The van der Waals surface area contributed by atoms with Crippen LogP contribution in [0, 0.1) is 5.82 Å². The summed E-state index contributed by atoms with van der Waals surface area (Å²) in [7, 11) is -3.72. The average Bonchev–Trinajstić information content (AvgIpc) is 2.35. The monoisotopic (exact) mass is 282 g/mol. The molecule has 0 aliphatic rings. The minimum absolute atomic E-state index is 0.0513. The van der Waals surface area contributed by atoms with Gasteiger partial charge in [-0.15, -0.1) is 0 Å². The fraction of sp³-hybridized carbons (Fsp3) is 0.0833. The summed E-state index contributed by atoms with van der Waals surface area (Å²) in [5, 5.41) is 0. The van der Waals surface area contributed by atoms with Gasteiger partial charge in [0.1, 0.15) is 11.5 Å². The van der Waals surface area contributed by atoms with Crippen molar-refractivity contribution < 1.29 is 12.8 Å². The molecule has 0 fully saturated rings. The van der Waals surface area contributed by atoms with Crippen LogP contribution in [0.4, 0.5) is 10.1 Å². The molecule has 1 heterocycles. The second-order valence-electron chi connectivity index (χ2n) is 3.90. The zero-order valence-electron chi connectivity index (χ0n) is 9.76. The molecule has 2 rings (SSSR count). The van der Waals surface area contributed by atoms with Gasteiger partial charge in [-0.1, -0.05) is 12.1 Å². The van der Waals surface area contributed by atoms with Crippen LogP contribution in [-0.2, 0) is 15.8 Å². The first-order valence-corrected chi connectivity index (χ1v) is 7.04. The number of hydrogen-bond acceptors (Lipinski definition) is 3. The number of anilines is 1. The third-order valence-corrected chi connectivity index (χ3v) is 3.60. The molecule has 0 bridgehead atoms. The minimum atomic E-state index is -3.72. The molecule has 1 aromatic heterocycles. The molecular formula is C12H11FN2O3S. The summed E-state index contributed by atoms with van der Waals surface area (Å²) in [4.78, 5) is 13.7. The quantitative estimate of drug-likeness (QED) is 0.891. The fourth-order valence-corrected chi connectivity index (χ4v) is 2.70. The van der Waals surface area contributed by atoms with E-state index in [2.05, 4.69) is 9.71 Å². The van der Waals surface area contributed by atoms with Gasteiger partial charge in [0.15, 0.2) is 0 Å². The van der Waals surface area contributed by atoms with Crippen LogP contribution in [0.3, 0.4) is 0 Å². The van der Waals surface area contributed by atoms with Gasteiger partial charge in [0.05, 0.1) is 5.75 Å². The lowest BCUT2D eigenvalue weighted by Crippen LogP contribution is -2.21. The molecule has 100 valence electrons. The van der Waals surface area contributed by atoms with Gasteiger partial charge in [-0.3, -0.25) is 9.52 Å². The number of benzene rings is 1. The lowest BCUT2D eigenvalue weighted by molar-refractivity contribution is 0.599. The molecule has 0 amide bonds. The molecule has 2 aromatic rings. The molecule has 0 saturated heterocycles. The van der Waals surface area contributed by atoms with Crippen molar-refractivity contribution in [3.05, 3.63) is 64.3 Å². The SMILES string of the molecule is O=c1[nH]cccc1NS(=O)(=O)Cc1ccc(F)cc1. The largest absolute Gasteiger partial charge is 0.327 e. The minimum Gasteiger partial charge on any atom is -0.327 e. The molecular weight excluding hydrogens is 271 g/mol. The number of H-pyrrole nitrogens is 1. The first-order chi connectivity index (χ1) is 8.96. The van der Waals surface area contributed by atoms with Crippen LogP contribution in [0.25, 0.3) is 0 Å². The lowest BCUT2D eigenvalue weighted by Gasteiger charge is -2.07. The van der Waals surface area contributed by atoms with E-state index in [0.29, 0.717) is 5.56 Å². The molecule has 0 atom stereocenters. The molecule has 0 unspecified atom stereocenters. The lowest BCUT2D eigenvalue weighted by atomic mass is 10.2. The van der Waals surface area contributed by atoms with Crippen LogP contribution in [0.5, 0.6) is 0 Å². The molecule has 0 aliphatic heterocycles. The highest BCUT2D eigenvalue weighted by atomic mass is 32.2. The van der Waals surface area contributed by atoms with Crippen LogP contribution in [0.15, 0.2) is 47.4 Å². The Morgan fingerprint density at radius 2 is 1.84 bits per heavy atom. The van der Waals surface area contributed by atoms with E-state index in [1.807, 2.05) is 0 Å². The third-order valence-electron chi connectivity index (χ3n) is 2.35. The number of nitrogens with one attached hydrogen (secondary N) is 2. The van der Waals surface area contributed by atoms with Crippen molar-refractivity contribution in [2.75, 3.05) is 4.72 Å². The van der Waals surface area contributed by atoms with E-state index in [1.54, 1.807) is 0 Å². The zero-order chi connectivity index (χ0) is 13.9. The van der Waals surface area contributed by atoms with Crippen molar-refractivity contribution in [2.45, 2.75) is 5.75 Å². The third kappa shape index (κ3) is 3.65. The van der Waals surface area contributed by atoms with Crippen molar-refractivity contribution in [3.8, 4) is 0 Å². The van der Waals surface area contributed by atoms with Crippen LogP contribution >= 0.6 is 0 Å². The topological polar surface area (TPSA) is 79.0 Å². The van der Waals surface area contributed by atoms with Gasteiger partial charge in [0, 0.05) is 6.20 Å². The van der Waals surface area contributed by atoms with Crippen molar-refractivity contribution in [1.29, 1.82) is 0 Å². The normalized spacial score (nSPS) is 11.2. The molecule has 5 nitrogen and oxygen atoms in total. The Morgan fingerprint density at radius 3 is 2.47 bits per heavy atom. The van der Waals surface area contributed by atoms with E-state index < -0.39 is 21.4 Å². The van der Waals surface area contributed by atoms with Crippen molar-refractivity contribution >= 4 is 15.7 Å². The maximum atomic E-state index is 12.7. The molecule has 19 heavy (non-hydrogen) atoms. The predicted molar refractivity (Wildman–Crippen MR) is 69.7 cm³/mol. The van der Waals surface area contributed by atoms with Gasteiger partial charge in [-0.2, -0.15) is 0 Å². The zero-order valence-corrected chi connectivity index (χ0v) is 10.6. The van der Waals surface area contributed by atoms with E-state index in [0.717, 1.165) is 0 Å². The summed E-state index contributed by atoms with van der Waals surface area (Å²) in [5.41, 5.74) is -0.143. The van der Waals surface area contributed by atoms with Gasteiger partial charge in [0.2, 0.25) is 10.0 Å². The number of halogens is 1. The molecule has 2 N–H and O–H groups in total. The van der Waals surface area contributed by atoms with E-state index in [9.17, 15) is 17.6 Å². The van der Waals surface area contributed by atoms with Gasteiger partial charge in [-0.25, -0.2) is 12.8 Å². The highest BCUT2D eigenvalue weighted by Crippen LogP contribution is 2.10. The number of aromatic nitrogens is 1. The number of rotatable bonds is 4. The second-order valence-corrected chi connectivity index (χ2v) is 5.62. The summed E-state index contributed by atoms with van der Waals surface area (Å²) < 4.78 is 38.6. The van der Waals surface area contributed by atoms with Gasteiger partial charge >= 0.3 is 0 Å². The van der Waals surface area contributed by atoms with Crippen LogP contribution in [0.1, 0.15) is 5.56 Å². The molecule has 1 aromatic carbocycles. The summed E-state index contributed by atoms with van der Waals surface area (Å²) in [6, 6.07) is 7.99. The summed E-state index contributed by atoms with van der Waals surface area (Å²) in [6.07, 6.45) is 1.40. The van der Waals surface area contributed by atoms with Gasteiger partial charge in [0.25, 0.3) is 5.56 Å². The van der Waals surface area contributed by atoms with Crippen molar-refractivity contribution in [1.82, 2.24) is 4.98 Å². The molecule has 0 spiro atoms. The Bertz CT molecular complexity index is 723. The van der Waals surface area contributed by atoms with Crippen molar-refractivity contribution in [3.63, 3.8) is 0 Å². The van der Waals surface area contributed by atoms with E-state index in [-0.39, 0.29) is 11.4 Å². The van der Waals surface area contributed by atoms with E-state index >= 15 is 0 Å². The smallest absolute Gasteiger partial charge is 0.272 e. The Morgan fingerprint density at radius 1 is 1.16 bits per heavy atom. The molecule has 7 heteroatoms. The van der Waals surface area contributed by atoms with Gasteiger partial charge in [-0.05, 0) is 29.8 Å². The maximum Gasteiger partial charge on any atom is 0.272 e. The van der Waals surface area contributed by atoms with E-state index in [4.69, 9.17) is 0 Å². The average molecular weight is 282 g/mol. The van der Waals surface area contributed by atoms with Crippen LogP contribution in [0.2, 0.25) is 0 Å². The number of pyridine rings is 1. The maximum absolute atomic E-state index is 12.7. The Hall–Kier alpha value is -2.15. The number of hydrogen-bond donors (Lipinski definition) is 2. The van der Waals surface area contributed by atoms with E-state index in [1.165, 1.54) is 42.6 Å². The second kappa shape index (κ2) is 5.23. The first kappa shape index (κ1) is 13.3. The highest BCUT2D eigenvalue weighted by Gasteiger charge is 2.13. The Balaban J connectivity index is 2.18. The summed E-state index contributed by atoms with van der Waals surface area (Å²) in [6.45, 7) is 0. The molecule has 0 saturated carbocycles. The van der Waals surface area contributed by atoms with Crippen molar-refractivity contribution in [2.24, 2.45) is 0 Å². The Kier molecular flexibility index (Phi) is 3.66. The van der Waals surface area contributed by atoms with Crippen LogP contribution in [-0.4, -0.2) is 13.4 Å². The summed E-state index contributed by atoms with van der Waals surface area (Å²) in [5.74, 6) is -0.768. The fourth-order valence-electron chi connectivity index (χ4n) is 1.51. The molecule has 0 aliphatic carbocycles. The molecule has 0 radical (unpaired) electrons. The Labute approximate surface area is 109 Å².